The summed E-state index contributed by atoms with van der Waals surface area (Å²) in [5, 5.41) is 13.8. The van der Waals surface area contributed by atoms with Crippen LogP contribution in [0.25, 0.3) is 0 Å². The normalized spacial score (nSPS) is 12.0. The molecule has 0 spiro atoms. The average Bonchev–Trinajstić information content (AvgIpc) is 2.36. The van der Waals surface area contributed by atoms with Crippen molar-refractivity contribution in [3.05, 3.63) is 34.4 Å². The van der Waals surface area contributed by atoms with Gasteiger partial charge >= 0.3 is 5.97 Å². The number of nitrogens with zero attached hydrogens (tertiary/aromatic N) is 1. The maximum absolute atomic E-state index is 11.7. The summed E-state index contributed by atoms with van der Waals surface area (Å²) in [7, 11) is 1.30. The molecule has 0 radical (unpaired) electrons. The highest BCUT2D eigenvalue weighted by Crippen LogP contribution is 2.25. The molecule has 1 unspecified atom stereocenters. The summed E-state index contributed by atoms with van der Waals surface area (Å²) in [6, 6.07) is 5.64. The summed E-state index contributed by atoms with van der Waals surface area (Å²) in [4.78, 5) is 22.1. The summed E-state index contributed by atoms with van der Waals surface area (Å²) in [6.45, 7) is 3.94. The van der Waals surface area contributed by atoms with Gasteiger partial charge in [-0.25, -0.2) is 4.79 Å². The highest BCUT2D eigenvalue weighted by molar-refractivity contribution is 5.80. The highest BCUT2D eigenvalue weighted by atomic mass is 16.6. The number of rotatable bonds is 6. The van der Waals surface area contributed by atoms with Gasteiger partial charge in [-0.2, -0.15) is 0 Å². The van der Waals surface area contributed by atoms with E-state index >= 15 is 0 Å². The Morgan fingerprint density at radius 3 is 2.58 bits per heavy atom. The molecule has 0 aliphatic carbocycles. The molecule has 0 heterocycles. The molecule has 1 aromatic rings. The summed E-state index contributed by atoms with van der Waals surface area (Å²) in [5.41, 5.74) is 0.267. The molecule has 1 rings (SSSR count). The van der Waals surface area contributed by atoms with Crippen molar-refractivity contribution in [3.63, 3.8) is 0 Å². The fourth-order valence-corrected chi connectivity index (χ4v) is 1.77. The van der Waals surface area contributed by atoms with E-state index in [4.69, 9.17) is 4.74 Å². The summed E-state index contributed by atoms with van der Waals surface area (Å²) in [5.74, 6) is -0.161. The molecule has 0 saturated carbocycles. The lowest BCUT2D eigenvalue weighted by molar-refractivity contribution is -0.384. The zero-order valence-electron chi connectivity index (χ0n) is 11.3. The number of nitro benzene ring substituents is 1. The lowest BCUT2D eigenvalue weighted by atomic mass is 10.0. The van der Waals surface area contributed by atoms with E-state index in [1.54, 1.807) is 18.2 Å². The Balaban J connectivity index is 2.96. The predicted octanol–water partition coefficient (Wildman–Crippen LogP) is 2.59. The van der Waals surface area contributed by atoms with Gasteiger partial charge in [-0.05, 0) is 18.4 Å². The van der Waals surface area contributed by atoms with Crippen molar-refractivity contribution in [2.24, 2.45) is 5.92 Å². The van der Waals surface area contributed by atoms with Crippen LogP contribution in [0.15, 0.2) is 24.3 Å². The Morgan fingerprint density at radius 2 is 2.05 bits per heavy atom. The van der Waals surface area contributed by atoms with Gasteiger partial charge in [0, 0.05) is 6.07 Å². The molecule has 1 N–H and O–H groups in total. The third-order valence-electron chi connectivity index (χ3n) is 2.62. The maximum Gasteiger partial charge on any atom is 0.328 e. The maximum atomic E-state index is 11.7. The van der Waals surface area contributed by atoms with E-state index in [0.29, 0.717) is 12.1 Å². The van der Waals surface area contributed by atoms with Crippen LogP contribution >= 0.6 is 0 Å². The lowest BCUT2D eigenvalue weighted by Crippen LogP contribution is -2.32. The number of esters is 1. The number of methoxy groups -OCH3 is 1. The Kier molecular flexibility index (Phi) is 5.29. The van der Waals surface area contributed by atoms with Gasteiger partial charge in [-0.1, -0.05) is 26.0 Å². The Labute approximate surface area is 111 Å². The fourth-order valence-electron chi connectivity index (χ4n) is 1.77. The van der Waals surface area contributed by atoms with Gasteiger partial charge in [-0.3, -0.25) is 10.1 Å². The summed E-state index contributed by atoms with van der Waals surface area (Å²) >= 11 is 0. The number of anilines is 1. The number of carbonyl (C=O) groups excluding carboxylic acids is 1. The first-order valence-electron chi connectivity index (χ1n) is 6.03. The second kappa shape index (κ2) is 6.72. The summed E-state index contributed by atoms with van der Waals surface area (Å²) < 4.78 is 4.71. The molecule has 0 fully saturated rings. The molecule has 0 aliphatic rings. The first-order valence-corrected chi connectivity index (χ1v) is 6.03. The molecule has 1 atom stereocenters. The van der Waals surface area contributed by atoms with Gasteiger partial charge in [0.15, 0.2) is 0 Å². The van der Waals surface area contributed by atoms with Crippen LogP contribution in [-0.2, 0) is 9.53 Å². The molecule has 0 aliphatic heterocycles. The quantitative estimate of drug-likeness (QED) is 0.486. The molecule has 0 amide bonds. The third kappa shape index (κ3) is 4.24. The van der Waals surface area contributed by atoms with Crippen LogP contribution in [0.4, 0.5) is 11.4 Å². The minimum Gasteiger partial charge on any atom is -0.467 e. The molecule has 0 aromatic heterocycles. The van der Waals surface area contributed by atoms with Gasteiger partial charge < -0.3 is 10.1 Å². The minimum absolute atomic E-state index is 0.0554. The minimum atomic E-state index is -0.592. The van der Waals surface area contributed by atoms with Crippen molar-refractivity contribution in [1.29, 1.82) is 0 Å². The number of para-hydroxylation sites is 2. The van der Waals surface area contributed by atoms with Crippen molar-refractivity contribution < 1.29 is 14.5 Å². The van der Waals surface area contributed by atoms with Crippen LogP contribution in [0.1, 0.15) is 20.3 Å². The monoisotopic (exact) mass is 266 g/mol. The van der Waals surface area contributed by atoms with E-state index < -0.39 is 16.9 Å². The number of benzene rings is 1. The number of nitro groups is 1. The van der Waals surface area contributed by atoms with Crippen LogP contribution in [0.2, 0.25) is 0 Å². The zero-order chi connectivity index (χ0) is 14.4. The van der Waals surface area contributed by atoms with Gasteiger partial charge in [0.2, 0.25) is 0 Å². The zero-order valence-corrected chi connectivity index (χ0v) is 11.3. The van der Waals surface area contributed by atoms with Gasteiger partial charge in [0.1, 0.15) is 11.7 Å². The van der Waals surface area contributed by atoms with Gasteiger partial charge in [-0.15, -0.1) is 0 Å². The molecular weight excluding hydrogens is 248 g/mol. The van der Waals surface area contributed by atoms with E-state index in [1.807, 2.05) is 13.8 Å². The molecule has 6 nitrogen and oxygen atoms in total. The lowest BCUT2D eigenvalue weighted by Gasteiger charge is -2.19. The number of hydrogen-bond acceptors (Lipinski definition) is 5. The second-order valence-electron chi connectivity index (χ2n) is 4.62. The van der Waals surface area contributed by atoms with Crippen LogP contribution in [0.3, 0.4) is 0 Å². The van der Waals surface area contributed by atoms with Crippen LogP contribution in [-0.4, -0.2) is 24.0 Å². The third-order valence-corrected chi connectivity index (χ3v) is 2.62. The molecule has 1 aromatic carbocycles. The number of ether oxygens (including phenoxy) is 1. The molecular formula is C13H18N2O4. The topological polar surface area (TPSA) is 81.5 Å². The van der Waals surface area contributed by atoms with Crippen molar-refractivity contribution in [1.82, 2.24) is 0 Å². The first kappa shape index (κ1) is 14.9. The number of carbonyl (C=O) groups is 1. The van der Waals surface area contributed by atoms with Crippen molar-refractivity contribution in [2.45, 2.75) is 26.3 Å². The van der Waals surface area contributed by atoms with E-state index in [2.05, 4.69) is 5.32 Å². The largest absolute Gasteiger partial charge is 0.467 e. The van der Waals surface area contributed by atoms with Crippen LogP contribution in [0, 0.1) is 16.0 Å². The van der Waals surface area contributed by atoms with Crippen molar-refractivity contribution in [3.8, 4) is 0 Å². The van der Waals surface area contributed by atoms with E-state index in [-0.39, 0.29) is 11.6 Å². The molecule has 0 saturated heterocycles. The number of nitrogens with one attached hydrogen (secondary N) is 1. The second-order valence-corrected chi connectivity index (χ2v) is 4.62. The Morgan fingerprint density at radius 1 is 1.42 bits per heavy atom. The summed E-state index contributed by atoms with van der Waals surface area (Å²) in [6.07, 6.45) is 0.540. The first-order chi connectivity index (χ1) is 8.95. The van der Waals surface area contributed by atoms with E-state index in [9.17, 15) is 14.9 Å². The van der Waals surface area contributed by atoms with Crippen molar-refractivity contribution in [2.75, 3.05) is 12.4 Å². The van der Waals surface area contributed by atoms with Crippen LogP contribution < -0.4 is 5.32 Å². The smallest absolute Gasteiger partial charge is 0.328 e. The molecule has 104 valence electrons. The van der Waals surface area contributed by atoms with E-state index in [1.165, 1.54) is 13.2 Å². The molecule has 19 heavy (non-hydrogen) atoms. The van der Waals surface area contributed by atoms with Crippen LogP contribution in [0.5, 0.6) is 0 Å². The predicted molar refractivity (Wildman–Crippen MR) is 72.0 cm³/mol. The Bertz CT molecular complexity index is 460. The van der Waals surface area contributed by atoms with Gasteiger partial charge in [0.25, 0.3) is 5.69 Å². The fraction of sp³-hybridized carbons (Fsp3) is 0.462. The molecule has 0 bridgehead atoms. The van der Waals surface area contributed by atoms with Gasteiger partial charge in [0.05, 0.1) is 12.0 Å². The average molecular weight is 266 g/mol. The standard InChI is InChI=1S/C13H18N2O4/c1-9(2)8-11(13(16)19-3)14-10-6-4-5-7-12(10)15(17)18/h4-7,9,11,14H,8H2,1-3H3. The molecule has 6 heteroatoms. The number of hydrogen-bond donors (Lipinski definition) is 1. The highest BCUT2D eigenvalue weighted by Gasteiger charge is 2.23. The Hall–Kier alpha value is -2.11. The SMILES string of the molecule is COC(=O)C(CC(C)C)Nc1ccccc1[N+](=O)[O-]. The van der Waals surface area contributed by atoms with E-state index in [0.717, 1.165) is 0 Å². The van der Waals surface area contributed by atoms with Crippen molar-refractivity contribution >= 4 is 17.3 Å².